The second-order valence-corrected chi connectivity index (χ2v) is 7.66. The summed E-state index contributed by atoms with van der Waals surface area (Å²) >= 11 is 8.43. The summed E-state index contributed by atoms with van der Waals surface area (Å²) in [5.41, 5.74) is 2.30. The quantitative estimate of drug-likeness (QED) is 0.424. The maximum Gasteiger partial charge on any atom is 0.270 e. The number of phenolic OH excluding ortho intramolecular Hbond substituents is 1. The number of thiocarbonyl (C=S) groups is 1. The summed E-state index contributed by atoms with van der Waals surface area (Å²) in [5, 5.41) is 12.2. The summed E-state index contributed by atoms with van der Waals surface area (Å²) in [6.45, 7) is 4.17. The zero-order chi connectivity index (χ0) is 19.7. The van der Waals surface area contributed by atoms with Crippen LogP contribution in [0.5, 0.6) is 5.75 Å². The third-order valence-electron chi connectivity index (χ3n) is 4.20. The van der Waals surface area contributed by atoms with E-state index in [1.54, 1.807) is 12.1 Å². The van der Waals surface area contributed by atoms with Gasteiger partial charge in [-0.2, -0.15) is 0 Å². The highest BCUT2D eigenvalue weighted by atomic mass is 79.9. The van der Waals surface area contributed by atoms with Crippen LogP contribution in [0.15, 0.2) is 52.5 Å². The van der Waals surface area contributed by atoms with Crippen LogP contribution in [-0.2, 0) is 9.59 Å². The highest BCUT2D eigenvalue weighted by Gasteiger charge is 2.34. The largest absolute Gasteiger partial charge is 0.507 e. The fourth-order valence-corrected chi connectivity index (χ4v) is 3.36. The molecular weight excluding hydrogens is 428 g/mol. The van der Waals surface area contributed by atoms with E-state index in [2.05, 4.69) is 35.1 Å². The van der Waals surface area contributed by atoms with Gasteiger partial charge in [0.15, 0.2) is 5.11 Å². The molecule has 2 aromatic rings. The lowest BCUT2D eigenvalue weighted by atomic mass is 10.0. The molecule has 27 heavy (non-hydrogen) atoms. The molecule has 2 N–H and O–H groups in total. The fourth-order valence-electron chi connectivity index (χ4n) is 2.68. The third-order valence-corrected chi connectivity index (χ3v) is 5.12. The molecule has 5 nitrogen and oxygen atoms in total. The van der Waals surface area contributed by atoms with Gasteiger partial charge >= 0.3 is 0 Å². The number of nitrogens with zero attached hydrogens (tertiary/aromatic N) is 1. The topological polar surface area (TPSA) is 69.6 Å². The first-order valence-electron chi connectivity index (χ1n) is 8.28. The van der Waals surface area contributed by atoms with Gasteiger partial charge in [-0.05, 0) is 75.5 Å². The molecule has 0 atom stereocenters. The normalized spacial score (nSPS) is 16.2. The molecule has 0 spiro atoms. The van der Waals surface area contributed by atoms with Crippen LogP contribution >= 0.6 is 28.1 Å². The molecule has 0 aliphatic carbocycles. The number of anilines is 1. The molecule has 1 aliphatic heterocycles. The fraction of sp³-hybridized carbons (Fsp3) is 0.150. The molecule has 1 aliphatic rings. The molecule has 1 fully saturated rings. The van der Waals surface area contributed by atoms with Crippen molar-refractivity contribution in [3.05, 3.63) is 63.6 Å². The van der Waals surface area contributed by atoms with Crippen molar-refractivity contribution in [2.24, 2.45) is 0 Å². The van der Waals surface area contributed by atoms with Crippen LogP contribution in [0.4, 0.5) is 5.69 Å². The summed E-state index contributed by atoms with van der Waals surface area (Å²) in [5.74, 6) is -0.606. The van der Waals surface area contributed by atoms with E-state index >= 15 is 0 Å². The first-order chi connectivity index (χ1) is 12.8. The zero-order valence-corrected chi connectivity index (χ0v) is 17.1. The molecule has 3 rings (SSSR count). The molecule has 0 aromatic heterocycles. The van der Waals surface area contributed by atoms with Gasteiger partial charge in [0.05, 0.1) is 10.2 Å². The highest BCUT2D eigenvalue weighted by Crippen LogP contribution is 2.27. The van der Waals surface area contributed by atoms with E-state index in [9.17, 15) is 14.7 Å². The van der Waals surface area contributed by atoms with Crippen molar-refractivity contribution in [1.82, 2.24) is 5.32 Å². The lowest BCUT2D eigenvalue weighted by Gasteiger charge is -2.29. The smallest absolute Gasteiger partial charge is 0.270 e. The van der Waals surface area contributed by atoms with Gasteiger partial charge in [-0.1, -0.05) is 32.0 Å². The standard InChI is InChI=1S/C20H17BrN2O3S/c1-11(2)13-4-6-14(7-5-13)23-19(26)15(18(25)22-20(23)27)9-12-3-8-17(24)16(21)10-12/h3-11,24H,1-2H3,(H,22,25,27)/b15-9+. The monoisotopic (exact) mass is 444 g/mol. The molecule has 138 valence electrons. The van der Waals surface area contributed by atoms with Crippen LogP contribution in [0, 0.1) is 0 Å². The minimum Gasteiger partial charge on any atom is -0.507 e. The Morgan fingerprint density at radius 3 is 2.41 bits per heavy atom. The van der Waals surface area contributed by atoms with Gasteiger partial charge < -0.3 is 5.11 Å². The van der Waals surface area contributed by atoms with E-state index in [1.165, 1.54) is 17.0 Å². The van der Waals surface area contributed by atoms with E-state index in [0.717, 1.165) is 5.56 Å². The van der Waals surface area contributed by atoms with Crippen molar-refractivity contribution in [3.8, 4) is 5.75 Å². The molecule has 2 amide bonds. The minimum absolute atomic E-state index is 0.0332. The molecule has 0 radical (unpaired) electrons. The first kappa shape index (κ1) is 19.3. The van der Waals surface area contributed by atoms with Crippen molar-refractivity contribution in [2.45, 2.75) is 19.8 Å². The minimum atomic E-state index is -0.552. The third kappa shape index (κ3) is 3.94. The predicted molar refractivity (Wildman–Crippen MR) is 113 cm³/mol. The summed E-state index contributed by atoms with van der Waals surface area (Å²) in [7, 11) is 0. The number of carbonyl (C=O) groups is 2. The predicted octanol–water partition coefficient (Wildman–Crippen LogP) is 4.11. The van der Waals surface area contributed by atoms with Crippen molar-refractivity contribution in [3.63, 3.8) is 0 Å². The van der Waals surface area contributed by atoms with E-state index in [4.69, 9.17) is 12.2 Å². The van der Waals surface area contributed by atoms with Crippen molar-refractivity contribution in [1.29, 1.82) is 0 Å². The molecule has 2 aromatic carbocycles. The second kappa shape index (κ2) is 7.62. The SMILES string of the molecule is CC(C)c1ccc(N2C(=O)/C(=C/c3ccc(O)c(Br)c3)C(=O)NC2=S)cc1. The van der Waals surface area contributed by atoms with Gasteiger partial charge in [0.2, 0.25) is 0 Å². The molecule has 7 heteroatoms. The Morgan fingerprint density at radius 2 is 1.81 bits per heavy atom. The summed E-state index contributed by atoms with van der Waals surface area (Å²) in [6, 6.07) is 12.2. The molecular formula is C20H17BrN2O3S. The Labute approximate surface area is 170 Å². The maximum atomic E-state index is 13.0. The van der Waals surface area contributed by atoms with Gasteiger partial charge in [-0.15, -0.1) is 0 Å². The lowest BCUT2D eigenvalue weighted by molar-refractivity contribution is -0.122. The molecule has 0 bridgehead atoms. The number of halogens is 1. The number of aromatic hydroxyl groups is 1. The summed E-state index contributed by atoms with van der Waals surface area (Å²) < 4.78 is 0.470. The Bertz CT molecular complexity index is 968. The Kier molecular flexibility index (Phi) is 5.43. The van der Waals surface area contributed by atoms with Crippen LogP contribution in [0.3, 0.4) is 0 Å². The van der Waals surface area contributed by atoms with Crippen LogP contribution < -0.4 is 10.2 Å². The van der Waals surface area contributed by atoms with E-state index in [1.807, 2.05) is 24.3 Å². The number of hydrogen-bond acceptors (Lipinski definition) is 4. The number of amides is 2. The van der Waals surface area contributed by atoms with Crippen LogP contribution in [0.25, 0.3) is 6.08 Å². The number of benzene rings is 2. The molecule has 1 saturated heterocycles. The van der Waals surface area contributed by atoms with E-state index in [0.29, 0.717) is 21.6 Å². The van der Waals surface area contributed by atoms with Crippen molar-refractivity contribution < 1.29 is 14.7 Å². The van der Waals surface area contributed by atoms with Crippen LogP contribution in [0.2, 0.25) is 0 Å². The van der Waals surface area contributed by atoms with Crippen molar-refractivity contribution >= 4 is 56.8 Å². The van der Waals surface area contributed by atoms with E-state index in [-0.39, 0.29) is 16.4 Å². The average molecular weight is 445 g/mol. The zero-order valence-electron chi connectivity index (χ0n) is 14.7. The number of phenols is 1. The lowest BCUT2D eigenvalue weighted by Crippen LogP contribution is -2.54. The average Bonchev–Trinajstić information content (AvgIpc) is 2.62. The molecule has 1 heterocycles. The Balaban J connectivity index is 1.98. The number of nitrogens with one attached hydrogen (secondary N) is 1. The number of rotatable bonds is 3. The number of carbonyl (C=O) groups excluding carboxylic acids is 2. The van der Waals surface area contributed by atoms with Crippen LogP contribution in [0.1, 0.15) is 30.9 Å². The maximum absolute atomic E-state index is 13.0. The first-order valence-corrected chi connectivity index (χ1v) is 9.48. The van der Waals surface area contributed by atoms with E-state index < -0.39 is 11.8 Å². The second-order valence-electron chi connectivity index (χ2n) is 6.41. The van der Waals surface area contributed by atoms with Crippen molar-refractivity contribution in [2.75, 3.05) is 4.90 Å². The summed E-state index contributed by atoms with van der Waals surface area (Å²) in [4.78, 5) is 26.6. The highest BCUT2D eigenvalue weighted by molar-refractivity contribution is 9.10. The Hall–Kier alpha value is -2.51. The van der Waals surface area contributed by atoms with Gasteiger partial charge in [0.1, 0.15) is 11.3 Å². The van der Waals surface area contributed by atoms with Gasteiger partial charge in [-0.25, -0.2) is 0 Å². The van der Waals surface area contributed by atoms with Crippen LogP contribution in [-0.4, -0.2) is 22.0 Å². The van der Waals surface area contributed by atoms with Gasteiger partial charge in [0.25, 0.3) is 11.8 Å². The van der Waals surface area contributed by atoms with Gasteiger partial charge in [0, 0.05) is 0 Å². The molecule has 0 unspecified atom stereocenters. The summed E-state index contributed by atoms with van der Waals surface area (Å²) in [6.07, 6.45) is 1.47. The van der Waals surface area contributed by atoms with Gasteiger partial charge in [-0.3, -0.25) is 19.8 Å². The molecule has 0 saturated carbocycles. The number of hydrogen-bond donors (Lipinski definition) is 2. The Morgan fingerprint density at radius 1 is 1.15 bits per heavy atom.